The first kappa shape index (κ1) is 13.0. The van der Waals surface area contributed by atoms with E-state index in [4.69, 9.17) is 0 Å². The maximum atomic E-state index is 12.3. The second kappa shape index (κ2) is 5.48. The van der Waals surface area contributed by atoms with Gasteiger partial charge in [0.05, 0.1) is 6.04 Å². The van der Waals surface area contributed by atoms with E-state index in [1.54, 1.807) is 0 Å². The van der Waals surface area contributed by atoms with Crippen molar-refractivity contribution in [1.29, 1.82) is 0 Å². The van der Waals surface area contributed by atoms with Gasteiger partial charge in [-0.15, -0.1) is 0 Å². The molecule has 6 nitrogen and oxygen atoms in total. The van der Waals surface area contributed by atoms with Crippen LogP contribution in [-0.4, -0.2) is 47.8 Å². The zero-order valence-electron chi connectivity index (χ0n) is 10.6. The lowest BCUT2D eigenvalue weighted by atomic mass is 10.0. The van der Waals surface area contributed by atoms with Gasteiger partial charge in [-0.1, -0.05) is 13.3 Å². The Hall–Kier alpha value is -1.43. The van der Waals surface area contributed by atoms with E-state index >= 15 is 0 Å². The summed E-state index contributed by atoms with van der Waals surface area (Å²) in [5.74, 6) is -0.878. The smallest absolute Gasteiger partial charge is 0.249 e. The fourth-order valence-corrected chi connectivity index (χ4v) is 2.57. The molecule has 3 amide bonds. The molecule has 1 unspecified atom stereocenters. The lowest BCUT2D eigenvalue weighted by Gasteiger charge is -2.36. The molecule has 2 heterocycles. The Bertz CT molecular complexity index is 364. The van der Waals surface area contributed by atoms with Crippen LogP contribution < -0.4 is 10.6 Å². The molecule has 0 bridgehead atoms. The van der Waals surface area contributed by atoms with E-state index in [9.17, 15) is 14.4 Å². The summed E-state index contributed by atoms with van der Waals surface area (Å²) in [6.45, 7) is 2.65. The fraction of sp³-hybridized carbons (Fsp3) is 0.750. The zero-order chi connectivity index (χ0) is 13.1. The average Bonchev–Trinajstić information content (AvgIpc) is 2.38. The number of piperazine rings is 1. The normalized spacial score (nSPS) is 29.1. The van der Waals surface area contributed by atoms with E-state index in [1.807, 2.05) is 6.92 Å². The van der Waals surface area contributed by atoms with Gasteiger partial charge in [0.15, 0.2) is 0 Å². The maximum Gasteiger partial charge on any atom is 0.249 e. The Balaban J connectivity index is 2.10. The number of nitrogens with zero attached hydrogens (tertiary/aromatic N) is 1. The summed E-state index contributed by atoms with van der Waals surface area (Å²) >= 11 is 0. The Labute approximate surface area is 106 Å². The molecule has 2 rings (SSSR count). The molecule has 0 radical (unpaired) electrons. The molecule has 2 fully saturated rings. The van der Waals surface area contributed by atoms with Gasteiger partial charge in [0.25, 0.3) is 0 Å². The summed E-state index contributed by atoms with van der Waals surface area (Å²) in [5, 5.41) is 5.43. The van der Waals surface area contributed by atoms with Gasteiger partial charge in [-0.3, -0.25) is 19.7 Å². The van der Waals surface area contributed by atoms with Crippen molar-refractivity contribution in [3.8, 4) is 0 Å². The van der Waals surface area contributed by atoms with Crippen LogP contribution in [0.15, 0.2) is 0 Å². The number of hydrogen-bond acceptors (Lipinski definition) is 4. The van der Waals surface area contributed by atoms with Crippen molar-refractivity contribution in [2.45, 2.75) is 44.7 Å². The molecule has 2 aliphatic heterocycles. The van der Waals surface area contributed by atoms with Gasteiger partial charge in [0.2, 0.25) is 17.7 Å². The molecular formula is C12H19N3O3. The molecular weight excluding hydrogens is 234 g/mol. The van der Waals surface area contributed by atoms with E-state index in [2.05, 4.69) is 10.6 Å². The van der Waals surface area contributed by atoms with Gasteiger partial charge in [0.1, 0.15) is 12.6 Å². The van der Waals surface area contributed by atoms with Crippen LogP contribution in [0.2, 0.25) is 0 Å². The predicted octanol–water partition coefficient (Wildman–Crippen LogP) is -0.608. The molecule has 6 heteroatoms. The van der Waals surface area contributed by atoms with Gasteiger partial charge in [-0.05, 0) is 25.8 Å². The van der Waals surface area contributed by atoms with Crippen molar-refractivity contribution in [1.82, 2.24) is 15.5 Å². The summed E-state index contributed by atoms with van der Waals surface area (Å²) in [6, 6.07) is -0.759. The standard InChI is InChI=1S/C12H19N3O3/c1-2-9-11(17)14-10(16)7-15(9)12(18)8-5-3-4-6-13-8/h8-9,13H,2-7H2,1H3,(H,14,16,17)/t8-,9?/m1/s1. The predicted molar refractivity (Wildman–Crippen MR) is 64.6 cm³/mol. The summed E-state index contributed by atoms with van der Waals surface area (Å²) in [4.78, 5) is 36.8. The number of piperidine rings is 1. The minimum absolute atomic E-state index is 0.0126. The number of carbonyl (C=O) groups is 3. The van der Waals surface area contributed by atoms with Crippen LogP contribution in [0, 0.1) is 0 Å². The molecule has 0 spiro atoms. The minimum Gasteiger partial charge on any atom is -0.320 e. The van der Waals surface area contributed by atoms with Crippen LogP contribution in [0.3, 0.4) is 0 Å². The third-order valence-corrected chi connectivity index (χ3v) is 3.53. The molecule has 2 N–H and O–H groups in total. The van der Waals surface area contributed by atoms with Crippen molar-refractivity contribution in [3.05, 3.63) is 0 Å². The highest BCUT2D eigenvalue weighted by Crippen LogP contribution is 2.15. The number of amides is 3. The first-order valence-electron chi connectivity index (χ1n) is 6.51. The second-order valence-corrected chi connectivity index (χ2v) is 4.81. The van der Waals surface area contributed by atoms with Crippen LogP contribution in [0.4, 0.5) is 0 Å². The molecule has 2 saturated heterocycles. The van der Waals surface area contributed by atoms with Crippen LogP contribution in [0.5, 0.6) is 0 Å². The molecule has 100 valence electrons. The summed E-state index contributed by atoms with van der Waals surface area (Å²) in [5.41, 5.74) is 0. The van der Waals surface area contributed by atoms with Crippen LogP contribution in [-0.2, 0) is 14.4 Å². The van der Waals surface area contributed by atoms with Crippen molar-refractivity contribution in [2.24, 2.45) is 0 Å². The van der Waals surface area contributed by atoms with Gasteiger partial charge in [-0.25, -0.2) is 0 Å². The molecule has 2 aliphatic rings. The molecule has 0 aliphatic carbocycles. The number of rotatable bonds is 2. The van der Waals surface area contributed by atoms with Crippen molar-refractivity contribution in [2.75, 3.05) is 13.1 Å². The highest BCUT2D eigenvalue weighted by atomic mass is 16.2. The molecule has 18 heavy (non-hydrogen) atoms. The summed E-state index contributed by atoms with van der Waals surface area (Å²) in [7, 11) is 0. The van der Waals surface area contributed by atoms with Crippen molar-refractivity contribution < 1.29 is 14.4 Å². The molecule has 0 aromatic carbocycles. The Morgan fingerprint density at radius 3 is 2.78 bits per heavy atom. The first-order chi connectivity index (χ1) is 8.63. The number of hydrogen-bond donors (Lipinski definition) is 2. The third-order valence-electron chi connectivity index (χ3n) is 3.53. The van der Waals surface area contributed by atoms with Crippen molar-refractivity contribution in [3.63, 3.8) is 0 Å². The quantitative estimate of drug-likeness (QED) is 0.644. The number of carbonyl (C=O) groups excluding carboxylic acids is 3. The Morgan fingerprint density at radius 2 is 2.17 bits per heavy atom. The van der Waals surface area contributed by atoms with Gasteiger partial charge < -0.3 is 10.2 Å². The molecule has 0 aromatic rings. The Morgan fingerprint density at radius 1 is 1.39 bits per heavy atom. The van der Waals surface area contributed by atoms with Crippen molar-refractivity contribution >= 4 is 17.7 Å². The number of nitrogens with one attached hydrogen (secondary N) is 2. The molecule has 2 atom stereocenters. The Kier molecular flexibility index (Phi) is 3.96. The lowest BCUT2D eigenvalue weighted by molar-refractivity contribution is -0.151. The van der Waals surface area contributed by atoms with Gasteiger partial charge >= 0.3 is 0 Å². The fourth-order valence-electron chi connectivity index (χ4n) is 2.57. The zero-order valence-corrected chi connectivity index (χ0v) is 10.6. The SMILES string of the molecule is CCC1C(=O)NC(=O)CN1C(=O)[C@H]1CCCCN1. The second-order valence-electron chi connectivity index (χ2n) is 4.81. The summed E-state index contributed by atoms with van der Waals surface area (Å²) < 4.78 is 0. The van der Waals surface area contributed by atoms with E-state index in [0.717, 1.165) is 25.8 Å². The minimum atomic E-state index is -0.515. The van der Waals surface area contributed by atoms with E-state index in [1.165, 1.54) is 4.90 Å². The van der Waals surface area contributed by atoms with Crippen LogP contribution in [0.25, 0.3) is 0 Å². The van der Waals surface area contributed by atoms with Gasteiger partial charge in [0, 0.05) is 0 Å². The average molecular weight is 253 g/mol. The largest absolute Gasteiger partial charge is 0.320 e. The van der Waals surface area contributed by atoms with E-state index in [-0.39, 0.29) is 24.4 Å². The highest BCUT2D eigenvalue weighted by Gasteiger charge is 2.38. The first-order valence-corrected chi connectivity index (χ1v) is 6.51. The molecule has 0 aromatic heterocycles. The highest BCUT2D eigenvalue weighted by molar-refractivity contribution is 6.04. The van der Waals surface area contributed by atoms with Crippen LogP contribution in [0.1, 0.15) is 32.6 Å². The molecule has 0 saturated carbocycles. The van der Waals surface area contributed by atoms with Crippen LogP contribution >= 0.6 is 0 Å². The monoisotopic (exact) mass is 253 g/mol. The van der Waals surface area contributed by atoms with E-state index in [0.29, 0.717) is 6.42 Å². The lowest BCUT2D eigenvalue weighted by Crippen LogP contribution is -2.62. The maximum absolute atomic E-state index is 12.3. The third kappa shape index (κ3) is 2.53. The number of imide groups is 1. The topological polar surface area (TPSA) is 78.5 Å². The van der Waals surface area contributed by atoms with E-state index < -0.39 is 11.9 Å². The summed E-state index contributed by atoms with van der Waals surface area (Å²) in [6.07, 6.45) is 3.38. The van der Waals surface area contributed by atoms with Gasteiger partial charge in [-0.2, -0.15) is 0 Å².